The SMILES string of the molecule is C#CC1=C(C)/C(=C/C2=CC=C(c3ccc(C)c(C(=C)CCCC)c3)C2)C(=C)N(CCCN)C1=C. The summed E-state index contributed by atoms with van der Waals surface area (Å²) in [6.45, 7) is 20.8. The molecule has 0 spiro atoms. The Morgan fingerprint density at radius 2 is 1.94 bits per heavy atom. The van der Waals surface area contributed by atoms with E-state index < -0.39 is 0 Å². The highest BCUT2D eigenvalue weighted by Gasteiger charge is 2.26. The summed E-state index contributed by atoms with van der Waals surface area (Å²) in [7, 11) is 0. The van der Waals surface area contributed by atoms with Crippen molar-refractivity contribution >= 4 is 11.1 Å². The fraction of sp³-hybridized carbons (Fsp3) is 0.312. The third-order valence-electron chi connectivity index (χ3n) is 6.80. The molecule has 2 aliphatic rings. The first-order valence-electron chi connectivity index (χ1n) is 12.3. The summed E-state index contributed by atoms with van der Waals surface area (Å²) in [5, 5.41) is 0. The van der Waals surface area contributed by atoms with Gasteiger partial charge in [-0.15, -0.1) is 6.42 Å². The summed E-state index contributed by atoms with van der Waals surface area (Å²) in [4.78, 5) is 2.11. The van der Waals surface area contributed by atoms with Crippen molar-refractivity contribution in [3.05, 3.63) is 107 Å². The molecule has 2 nitrogen and oxygen atoms in total. The normalized spacial score (nSPS) is 17.3. The number of aryl methyl sites for hydroxylation is 1. The number of nitrogens with zero attached hydrogens (tertiary/aromatic N) is 1. The number of unbranched alkanes of at least 4 members (excludes halogenated alkanes) is 1. The molecule has 0 radical (unpaired) electrons. The zero-order valence-corrected chi connectivity index (χ0v) is 21.1. The van der Waals surface area contributed by atoms with Crippen molar-refractivity contribution in [3.8, 4) is 12.3 Å². The van der Waals surface area contributed by atoms with Gasteiger partial charge in [-0.05, 0) is 97.2 Å². The molecule has 1 heterocycles. The molecule has 0 bridgehead atoms. The van der Waals surface area contributed by atoms with E-state index in [1.54, 1.807) is 0 Å². The molecule has 0 saturated carbocycles. The largest absolute Gasteiger partial charge is 0.341 e. The Hall–Kier alpha value is -3.28. The molecule has 1 aliphatic heterocycles. The summed E-state index contributed by atoms with van der Waals surface area (Å²) in [5.74, 6) is 2.84. The quantitative estimate of drug-likeness (QED) is 0.395. The van der Waals surface area contributed by atoms with Crippen LogP contribution in [0.1, 0.15) is 62.6 Å². The molecule has 0 amide bonds. The summed E-state index contributed by atoms with van der Waals surface area (Å²) < 4.78 is 0. The van der Waals surface area contributed by atoms with Crippen LogP contribution in [0, 0.1) is 19.3 Å². The maximum atomic E-state index is 5.86. The third kappa shape index (κ3) is 5.27. The Balaban J connectivity index is 1.84. The van der Waals surface area contributed by atoms with Gasteiger partial charge >= 0.3 is 0 Å². The molecule has 1 aromatic carbocycles. The van der Waals surface area contributed by atoms with Gasteiger partial charge in [0.15, 0.2) is 0 Å². The van der Waals surface area contributed by atoms with Crippen molar-refractivity contribution in [2.45, 2.75) is 52.9 Å². The molecule has 1 aliphatic carbocycles. The maximum Gasteiger partial charge on any atom is 0.0509 e. The molecule has 2 N–H and O–H groups in total. The van der Waals surface area contributed by atoms with E-state index in [4.69, 9.17) is 12.2 Å². The van der Waals surface area contributed by atoms with Gasteiger partial charge in [0.1, 0.15) is 0 Å². The van der Waals surface area contributed by atoms with Gasteiger partial charge in [-0.2, -0.15) is 0 Å². The highest BCUT2D eigenvalue weighted by molar-refractivity contribution is 5.78. The van der Waals surface area contributed by atoms with Crippen LogP contribution in [0.5, 0.6) is 0 Å². The smallest absolute Gasteiger partial charge is 0.0509 e. The number of allylic oxidation sites excluding steroid dienone is 8. The van der Waals surface area contributed by atoms with Gasteiger partial charge < -0.3 is 10.6 Å². The molecule has 0 aromatic heterocycles. The Kier molecular flexibility index (Phi) is 8.37. The zero-order chi connectivity index (χ0) is 24.8. The maximum absolute atomic E-state index is 5.86. The number of benzene rings is 1. The van der Waals surface area contributed by atoms with Crippen molar-refractivity contribution < 1.29 is 0 Å². The van der Waals surface area contributed by atoms with E-state index in [9.17, 15) is 0 Å². The molecule has 0 fully saturated rings. The molecular weight excluding hydrogens is 412 g/mol. The topological polar surface area (TPSA) is 29.3 Å². The second kappa shape index (κ2) is 11.2. The van der Waals surface area contributed by atoms with E-state index in [1.807, 2.05) is 0 Å². The average Bonchev–Trinajstić information content (AvgIpc) is 3.29. The van der Waals surface area contributed by atoms with Crippen molar-refractivity contribution in [2.24, 2.45) is 5.73 Å². The fourth-order valence-electron chi connectivity index (χ4n) is 4.67. The Morgan fingerprint density at radius 3 is 2.62 bits per heavy atom. The predicted octanol–water partition coefficient (Wildman–Crippen LogP) is 7.48. The van der Waals surface area contributed by atoms with Crippen molar-refractivity contribution in [2.75, 3.05) is 13.1 Å². The van der Waals surface area contributed by atoms with Crippen LogP contribution in [0.3, 0.4) is 0 Å². The van der Waals surface area contributed by atoms with Gasteiger partial charge in [0.05, 0.1) is 5.57 Å². The van der Waals surface area contributed by atoms with Gasteiger partial charge in [-0.3, -0.25) is 0 Å². The fourth-order valence-corrected chi connectivity index (χ4v) is 4.67. The summed E-state index contributed by atoms with van der Waals surface area (Å²) in [6.07, 6.45) is 17.7. The van der Waals surface area contributed by atoms with Crippen LogP contribution in [0.4, 0.5) is 0 Å². The van der Waals surface area contributed by atoms with Gasteiger partial charge in [-0.1, -0.05) is 63.3 Å². The molecule has 0 atom stereocenters. The van der Waals surface area contributed by atoms with Crippen LogP contribution in [-0.2, 0) is 0 Å². The van der Waals surface area contributed by atoms with E-state index in [0.717, 1.165) is 53.9 Å². The second-order valence-corrected chi connectivity index (χ2v) is 9.24. The van der Waals surface area contributed by atoms with Crippen LogP contribution < -0.4 is 5.73 Å². The minimum atomic E-state index is 0.617. The van der Waals surface area contributed by atoms with E-state index in [0.29, 0.717) is 6.54 Å². The van der Waals surface area contributed by atoms with Gasteiger partial charge in [0.2, 0.25) is 0 Å². The highest BCUT2D eigenvalue weighted by Crippen LogP contribution is 2.39. The van der Waals surface area contributed by atoms with Crippen molar-refractivity contribution in [3.63, 3.8) is 0 Å². The first-order chi connectivity index (χ1) is 16.3. The van der Waals surface area contributed by atoms with Crippen LogP contribution >= 0.6 is 0 Å². The van der Waals surface area contributed by atoms with Gasteiger partial charge in [0, 0.05) is 23.5 Å². The number of nitrogens with two attached hydrogens (primary N) is 1. The van der Waals surface area contributed by atoms with E-state index in [-0.39, 0.29) is 0 Å². The minimum Gasteiger partial charge on any atom is -0.341 e. The number of hydrogen-bond donors (Lipinski definition) is 1. The lowest BCUT2D eigenvalue weighted by Gasteiger charge is -2.35. The lowest BCUT2D eigenvalue weighted by atomic mass is 9.89. The number of terminal acetylenes is 1. The standard InChI is InChI=1S/C32H38N2/c1-8-10-12-22(3)31-21-29(15-13-23(31)4)28-16-14-27(19-28)20-32-24(5)30(9-2)25(6)34(26(32)7)18-11-17-33/h2,13-16,20-21H,3,6-8,10-12,17-19,33H2,1,4-5H3/b32-20-. The molecular formula is C32H38N2. The Morgan fingerprint density at radius 1 is 1.18 bits per heavy atom. The molecule has 2 heteroatoms. The Bertz CT molecular complexity index is 1170. The first-order valence-corrected chi connectivity index (χ1v) is 12.3. The van der Waals surface area contributed by atoms with Gasteiger partial charge in [0.25, 0.3) is 0 Å². The molecule has 34 heavy (non-hydrogen) atoms. The van der Waals surface area contributed by atoms with E-state index in [1.165, 1.54) is 46.3 Å². The minimum absolute atomic E-state index is 0.617. The summed E-state index contributed by atoms with van der Waals surface area (Å²) in [6, 6.07) is 6.75. The lowest BCUT2D eigenvalue weighted by molar-refractivity contribution is 0.432. The van der Waals surface area contributed by atoms with E-state index >= 15 is 0 Å². The lowest BCUT2D eigenvalue weighted by Crippen LogP contribution is -2.30. The van der Waals surface area contributed by atoms with E-state index in [2.05, 4.69) is 87.8 Å². The molecule has 176 valence electrons. The van der Waals surface area contributed by atoms with Crippen LogP contribution in [-0.4, -0.2) is 18.0 Å². The predicted molar refractivity (Wildman–Crippen MR) is 149 cm³/mol. The van der Waals surface area contributed by atoms with Crippen LogP contribution in [0.25, 0.3) is 11.1 Å². The number of rotatable bonds is 9. The van der Waals surface area contributed by atoms with Crippen molar-refractivity contribution in [1.29, 1.82) is 0 Å². The van der Waals surface area contributed by atoms with Crippen LogP contribution in [0.2, 0.25) is 0 Å². The Labute approximate surface area is 206 Å². The van der Waals surface area contributed by atoms with Gasteiger partial charge in [-0.25, -0.2) is 0 Å². The molecule has 0 unspecified atom stereocenters. The molecule has 3 rings (SSSR count). The first kappa shape index (κ1) is 25.3. The highest BCUT2D eigenvalue weighted by atomic mass is 15.2. The second-order valence-electron chi connectivity index (χ2n) is 9.24. The number of hydrogen-bond acceptors (Lipinski definition) is 2. The van der Waals surface area contributed by atoms with Crippen molar-refractivity contribution in [1.82, 2.24) is 4.90 Å². The monoisotopic (exact) mass is 450 g/mol. The molecule has 1 aromatic rings. The summed E-state index contributed by atoms with van der Waals surface area (Å²) >= 11 is 0. The third-order valence-corrected chi connectivity index (χ3v) is 6.80. The zero-order valence-electron chi connectivity index (χ0n) is 21.1. The molecule has 0 saturated heterocycles. The van der Waals surface area contributed by atoms with Crippen LogP contribution in [0.15, 0.2) is 89.9 Å². The summed E-state index contributed by atoms with van der Waals surface area (Å²) in [5.41, 5.74) is 18.2. The average molecular weight is 451 g/mol.